The monoisotopic (exact) mass is 251 g/mol. The number of amides is 1. The first kappa shape index (κ1) is 12.3. The minimum Gasteiger partial charge on any atom is -0.352 e. The summed E-state index contributed by atoms with van der Waals surface area (Å²) in [7, 11) is 0. The summed E-state index contributed by atoms with van der Waals surface area (Å²) in [5.74, 6) is -2.22. The maximum atomic E-state index is 12.9. The first-order valence-electron chi connectivity index (χ1n) is 5.48. The van der Waals surface area contributed by atoms with Gasteiger partial charge in [-0.05, 0) is 18.2 Å². The maximum absolute atomic E-state index is 12.9. The Kier molecular flexibility index (Phi) is 3.42. The van der Waals surface area contributed by atoms with E-state index in [9.17, 15) is 13.6 Å². The molecule has 0 atom stereocenters. The molecule has 1 N–H and O–H groups in total. The molecule has 0 unspecified atom stereocenters. The van der Waals surface area contributed by atoms with Gasteiger partial charge >= 0.3 is 0 Å². The molecule has 1 heterocycles. The molecule has 0 bridgehead atoms. The zero-order chi connectivity index (χ0) is 13.1. The third-order valence-electron chi connectivity index (χ3n) is 2.83. The van der Waals surface area contributed by atoms with Gasteiger partial charge < -0.3 is 10.2 Å². The minimum atomic E-state index is -1.04. The number of benzene rings is 1. The Labute approximate surface area is 103 Å². The highest BCUT2D eigenvalue weighted by Gasteiger charge is 2.25. The van der Waals surface area contributed by atoms with E-state index in [2.05, 4.69) is 5.32 Å². The van der Waals surface area contributed by atoms with Crippen molar-refractivity contribution < 1.29 is 13.6 Å². The van der Waals surface area contributed by atoms with Crippen LogP contribution in [-0.4, -0.2) is 30.4 Å². The summed E-state index contributed by atoms with van der Waals surface area (Å²) in [5.41, 5.74) is 0.0883. The molecule has 2 rings (SSSR count). The van der Waals surface area contributed by atoms with Crippen LogP contribution in [0.4, 0.5) is 8.78 Å². The number of nitriles is 1. The van der Waals surface area contributed by atoms with Gasteiger partial charge in [-0.25, -0.2) is 8.78 Å². The fourth-order valence-corrected chi connectivity index (χ4v) is 1.76. The van der Waals surface area contributed by atoms with E-state index in [-0.39, 0.29) is 11.5 Å². The number of halogens is 2. The normalized spacial score (nSPS) is 14.8. The second kappa shape index (κ2) is 5.00. The van der Waals surface area contributed by atoms with Crippen molar-refractivity contribution in [2.75, 3.05) is 19.6 Å². The maximum Gasteiger partial charge on any atom is 0.251 e. The third kappa shape index (κ3) is 2.56. The molecule has 0 aliphatic carbocycles. The van der Waals surface area contributed by atoms with Crippen molar-refractivity contribution in [2.45, 2.75) is 0 Å². The third-order valence-corrected chi connectivity index (χ3v) is 2.83. The molecule has 1 aliphatic heterocycles. The van der Waals surface area contributed by atoms with Crippen molar-refractivity contribution in [1.29, 1.82) is 5.26 Å². The molecule has 0 spiro atoms. The molecular weight excluding hydrogens is 240 g/mol. The van der Waals surface area contributed by atoms with Crippen LogP contribution in [0, 0.1) is 29.0 Å². The summed E-state index contributed by atoms with van der Waals surface area (Å²) in [6, 6.07) is 3.02. The Morgan fingerprint density at radius 2 is 2.17 bits per heavy atom. The van der Waals surface area contributed by atoms with Gasteiger partial charge in [0.05, 0.1) is 0 Å². The summed E-state index contributed by atoms with van der Waals surface area (Å²) in [4.78, 5) is 13.2. The lowest BCUT2D eigenvalue weighted by Gasteiger charge is -2.34. The van der Waals surface area contributed by atoms with E-state index >= 15 is 0 Å². The van der Waals surface area contributed by atoms with Crippen LogP contribution in [0.3, 0.4) is 0 Å². The lowest BCUT2D eigenvalue weighted by Crippen LogP contribution is -2.48. The van der Waals surface area contributed by atoms with E-state index in [1.807, 2.05) is 6.19 Å². The Morgan fingerprint density at radius 3 is 2.78 bits per heavy atom. The van der Waals surface area contributed by atoms with Gasteiger partial charge in [0.15, 0.2) is 17.8 Å². The second-order valence-corrected chi connectivity index (χ2v) is 4.21. The lowest BCUT2D eigenvalue weighted by molar-refractivity contribution is 0.0919. The highest BCUT2D eigenvalue weighted by molar-refractivity contribution is 5.94. The molecule has 1 aromatic carbocycles. The largest absolute Gasteiger partial charge is 0.352 e. The van der Waals surface area contributed by atoms with Gasteiger partial charge in [0, 0.05) is 31.1 Å². The minimum absolute atomic E-state index is 0.0883. The second-order valence-electron chi connectivity index (χ2n) is 4.21. The van der Waals surface area contributed by atoms with Crippen molar-refractivity contribution in [1.82, 2.24) is 10.2 Å². The number of hydrogen-bond donors (Lipinski definition) is 1. The van der Waals surface area contributed by atoms with E-state index in [0.717, 1.165) is 12.1 Å². The van der Waals surface area contributed by atoms with E-state index in [1.54, 1.807) is 4.90 Å². The molecule has 18 heavy (non-hydrogen) atoms. The molecule has 0 aromatic heterocycles. The molecule has 0 saturated carbocycles. The highest BCUT2D eigenvalue weighted by Crippen LogP contribution is 2.13. The molecular formula is C12H11F2N3O. The lowest BCUT2D eigenvalue weighted by atomic mass is 10.0. The fraction of sp³-hybridized carbons (Fsp3) is 0.333. The van der Waals surface area contributed by atoms with Crippen LogP contribution in [-0.2, 0) is 0 Å². The Balaban J connectivity index is 1.85. The quantitative estimate of drug-likeness (QED) is 0.819. The van der Waals surface area contributed by atoms with E-state index < -0.39 is 17.5 Å². The summed E-state index contributed by atoms with van der Waals surface area (Å²) in [6.45, 7) is 1.67. The number of carbonyl (C=O) groups excluding carboxylic acids is 1. The first-order valence-corrected chi connectivity index (χ1v) is 5.48. The van der Waals surface area contributed by atoms with Gasteiger partial charge in [0.2, 0.25) is 0 Å². The van der Waals surface area contributed by atoms with Gasteiger partial charge in [0.25, 0.3) is 5.91 Å². The molecule has 4 nitrogen and oxygen atoms in total. The van der Waals surface area contributed by atoms with Gasteiger partial charge in [-0.2, -0.15) is 5.26 Å². The Hall–Kier alpha value is -2.16. The van der Waals surface area contributed by atoms with E-state index in [1.165, 1.54) is 6.07 Å². The van der Waals surface area contributed by atoms with Crippen molar-refractivity contribution >= 4 is 5.91 Å². The van der Waals surface area contributed by atoms with Crippen molar-refractivity contribution in [2.24, 2.45) is 5.92 Å². The number of carbonyl (C=O) groups is 1. The van der Waals surface area contributed by atoms with Crippen LogP contribution in [0.15, 0.2) is 18.2 Å². The first-order chi connectivity index (χ1) is 8.60. The van der Waals surface area contributed by atoms with Gasteiger partial charge in [0.1, 0.15) is 0 Å². The Morgan fingerprint density at radius 1 is 1.44 bits per heavy atom. The summed E-state index contributed by atoms with van der Waals surface area (Å²) in [6.07, 6.45) is 1.99. The zero-order valence-electron chi connectivity index (χ0n) is 9.49. The van der Waals surface area contributed by atoms with Crippen LogP contribution < -0.4 is 5.32 Å². The predicted molar refractivity (Wildman–Crippen MR) is 59.4 cm³/mol. The average molecular weight is 251 g/mol. The zero-order valence-corrected chi connectivity index (χ0v) is 9.49. The predicted octanol–water partition coefficient (Wildman–Crippen LogP) is 1.11. The number of nitrogens with one attached hydrogen (secondary N) is 1. The van der Waals surface area contributed by atoms with Crippen LogP contribution in [0.5, 0.6) is 0 Å². The molecule has 1 amide bonds. The average Bonchev–Trinajstić information content (AvgIpc) is 2.30. The summed E-state index contributed by atoms with van der Waals surface area (Å²) < 4.78 is 25.6. The van der Waals surface area contributed by atoms with Crippen LogP contribution in [0.25, 0.3) is 0 Å². The summed E-state index contributed by atoms with van der Waals surface area (Å²) >= 11 is 0. The number of nitrogens with zero attached hydrogens (tertiary/aromatic N) is 2. The molecule has 1 aliphatic rings. The fourth-order valence-electron chi connectivity index (χ4n) is 1.76. The highest BCUT2D eigenvalue weighted by atomic mass is 19.2. The van der Waals surface area contributed by atoms with Crippen LogP contribution in [0.2, 0.25) is 0 Å². The smallest absolute Gasteiger partial charge is 0.251 e. The topological polar surface area (TPSA) is 56.1 Å². The Bertz CT molecular complexity index is 507. The summed E-state index contributed by atoms with van der Waals surface area (Å²) in [5, 5.41) is 11.2. The van der Waals surface area contributed by atoms with E-state index in [0.29, 0.717) is 19.6 Å². The van der Waals surface area contributed by atoms with Crippen molar-refractivity contribution in [3.63, 3.8) is 0 Å². The van der Waals surface area contributed by atoms with E-state index in [4.69, 9.17) is 5.26 Å². The number of likely N-dealkylation sites (tertiary alicyclic amines) is 1. The van der Waals surface area contributed by atoms with Gasteiger partial charge in [-0.15, -0.1) is 0 Å². The van der Waals surface area contributed by atoms with Crippen LogP contribution >= 0.6 is 0 Å². The molecule has 1 aromatic rings. The molecule has 0 radical (unpaired) electrons. The molecule has 1 fully saturated rings. The van der Waals surface area contributed by atoms with Crippen LogP contribution in [0.1, 0.15) is 10.4 Å². The SMILES string of the molecule is N#CN1CC(CNC(=O)c2ccc(F)c(F)c2)C1. The van der Waals surface area contributed by atoms with Gasteiger partial charge in [-0.3, -0.25) is 4.79 Å². The number of hydrogen-bond acceptors (Lipinski definition) is 3. The molecule has 6 heteroatoms. The molecule has 94 valence electrons. The van der Waals surface area contributed by atoms with Gasteiger partial charge in [-0.1, -0.05) is 0 Å². The molecule has 1 saturated heterocycles. The number of rotatable bonds is 3. The van der Waals surface area contributed by atoms with Crippen molar-refractivity contribution in [3.8, 4) is 6.19 Å². The standard InChI is InChI=1S/C12H11F2N3O/c13-10-2-1-9(3-11(10)14)12(18)16-4-8-5-17(6-8)7-15/h1-3,8H,4-6H2,(H,16,18). The van der Waals surface area contributed by atoms with Crippen molar-refractivity contribution in [3.05, 3.63) is 35.4 Å².